The molecule has 0 bridgehead atoms. The zero-order valence-electron chi connectivity index (χ0n) is 28.3. The number of ether oxygens (including phenoxy) is 4. The van der Waals surface area contributed by atoms with Crippen molar-refractivity contribution in [3.05, 3.63) is 0 Å². The summed E-state index contributed by atoms with van der Waals surface area (Å²) in [5.41, 5.74) is -1.78. The van der Waals surface area contributed by atoms with Gasteiger partial charge in [-0.05, 0) is 55.4 Å². The lowest BCUT2D eigenvalue weighted by Crippen LogP contribution is -2.46. The Kier molecular flexibility index (Phi) is 20.8. The molecule has 0 aliphatic rings. The quantitative estimate of drug-likeness (QED) is 0.0811. The molecule has 4 N–H and O–H groups in total. The fraction of sp³-hybridized carbons (Fsp3) is 0.724. The van der Waals surface area contributed by atoms with Crippen molar-refractivity contribution in [2.24, 2.45) is 5.41 Å². The molecule has 0 aromatic heterocycles. The first-order valence-corrected chi connectivity index (χ1v) is 18.5. The third-order valence-electron chi connectivity index (χ3n) is 6.43. The van der Waals surface area contributed by atoms with E-state index >= 15 is 0 Å². The predicted molar refractivity (Wildman–Crippen MR) is 183 cm³/mol. The largest absolute Gasteiger partial charge is 0.480 e. The van der Waals surface area contributed by atoms with Crippen LogP contribution in [0.3, 0.4) is 0 Å². The van der Waals surface area contributed by atoms with E-state index in [9.17, 15) is 58.8 Å². The van der Waals surface area contributed by atoms with Crippen molar-refractivity contribution in [3.63, 3.8) is 0 Å². The molecule has 16 nitrogen and oxygen atoms in total. The number of thioether (sulfide) groups is 4. The van der Waals surface area contributed by atoms with Gasteiger partial charge in [0.05, 0.1) is 0 Å². The maximum atomic E-state index is 12.9. The molecule has 280 valence electrons. The molecule has 0 aromatic rings. The van der Waals surface area contributed by atoms with Gasteiger partial charge in [0, 0.05) is 0 Å². The molecule has 0 rings (SSSR count). The molecule has 8 unspecified atom stereocenters. The van der Waals surface area contributed by atoms with Gasteiger partial charge in [0.2, 0.25) is 0 Å². The summed E-state index contributed by atoms with van der Waals surface area (Å²) in [7, 11) is 0. The lowest BCUT2D eigenvalue weighted by molar-refractivity contribution is -0.169. The minimum Gasteiger partial charge on any atom is -0.480 e. The summed E-state index contributed by atoms with van der Waals surface area (Å²) in [5.74, 6) is -8.31. The van der Waals surface area contributed by atoms with Gasteiger partial charge in [0.1, 0.15) is 73.8 Å². The van der Waals surface area contributed by atoms with Crippen LogP contribution in [0.15, 0.2) is 0 Å². The van der Waals surface area contributed by atoms with Crippen molar-refractivity contribution < 1.29 is 77.7 Å². The molecule has 0 amide bonds. The Balaban J connectivity index is 6.43. The Labute approximate surface area is 300 Å². The normalized spacial score (nSPS) is 17.3. The number of aliphatic carboxylic acids is 4. The van der Waals surface area contributed by atoms with Crippen molar-refractivity contribution in [3.8, 4) is 0 Å². The van der Waals surface area contributed by atoms with E-state index in [1.54, 1.807) is 0 Å². The number of rotatable bonds is 24. The highest BCUT2D eigenvalue weighted by atomic mass is 32.2. The van der Waals surface area contributed by atoms with Crippen LogP contribution >= 0.6 is 47.0 Å². The Bertz CT molecular complexity index is 1020. The monoisotopic (exact) mass is 776 g/mol. The van der Waals surface area contributed by atoms with E-state index in [0.29, 0.717) is 0 Å². The lowest BCUT2D eigenvalue weighted by Gasteiger charge is -2.33. The van der Waals surface area contributed by atoms with Crippen LogP contribution in [0.5, 0.6) is 0 Å². The number of carbonyl (C=O) groups excluding carboxylic acids is 4. The zero-order chi connectivity index (χ0) is 38.2. The molecule has 0 saturated carbocycles. The molecular formula is C29H44O16S4. The minimum absolute atomic E-state index is 0.695. The Morgan fingerprint density at radius 3 is 0.694 bits per heavy atom. The molecule has 0 spiro atoms. The molecule has 49 heavy (non-hydrogen) atoms. The molecule has 20 heteroatoms. The van der Waals surface area contributed by atoms with Crippen molar-refractivity contribution in [1.82, 2.24) is 0 Å². The van der Waals surface area contributed by atoms with Gasteiger partial charge in [0.15, 0.2) is 0 Å². The van der Waals surface area contributed by atoms with Crippen molar-refractivity contribution in [1.29, 1.82) is 0 Å². The third-order valence-corrected chi connectivity index (χ3v) is 11.3. The fourth-order valence-corrected chi connectivity index (χ4v) is 6.93. The summed E-state index contributed by atoms with van der Waals surface area (Å²) in [5, 5.41) is 28.9. The number of hydrogen-bond donors (Lipinski definition) is 4. The second-order valence-corrected chi connectivity index (χ2v) is 17.7. The van der Waals surface area contributed by atoms with Gasteiger partial charge in [-0.2, -0.15) is 0 Å². The van der Waals surface area contributed by atoms with Crippen LogP contribution in [0.2, 0.25) is 0 Å². The maximum absolute atomic E-state index is 12.9. The van der Waals surface area contributed by atoms with Crippen LogP contribution in [-0.4, -0.2) is 137 Å². The number of carbonyl (C=O) groups is 8. The fourth-order valence-electron chi connectivity index (χ4n) is 3.30. The first kappa shape index (κ1) is 46.2. The summed E-state index contributed by atoms with van der Waals surface area (Å²) in [6.45, 7) is 8.22. The van der Waals surface area contributed by atoms with Crippen molar-refractivity contribution in [2.75, 3.05) is 26.4 Å². The Hall–Kier alpha value is -2.84. The summed E-state index contributed by atoms with van der Waals surface area (Å²) >= 11 is 3.10. The number of carboxylic acids is 4. The SMILES string of the molecule is CC(SC(C)C(=O)OCC(COC(=O)C(C)SC(C)C(=O)O)(COC(=O)C(C)SC(C)C(=O)O)COC(=O)C(C)SC(C)C(=O)O)C(=O)O. The third kappa shape index (κ3) is 17.6. The second kappa shape index (κ2) is 22.1. The van der Waals surface area contributed by atoms with Gasteiger partial charge < -0.3 is 39.4 Å². The standard InChI is InChI=1S/C29H44O16S4/c1-13(21(30)31)46-17(5)25(38)42-9-29(10-43-26(39)18(6)47-14(2)22(32)33,11-44-27(40)19(7)48-15(3)23(34)35)12-45-28(41)20(8)49-16(4)24(36)37/h13-20H,9-12H2,1-8H3,(H,30,31)(H,32,33)(H,34,35)(H,36,37). The summed E-state index contributed by atoms with van der Waals surface area (Å²) < 4.78 is 21.8. The van der Waals surface area contributed by atoms with Gasteiger partial charge in [0.25, 0.3) is 0 Å². The van der Waals surface area contributed by atoms with Crippen molar-refractivity contribution >= 4 is 94.8 Å². The summed E-state index contributed by atoms with van der Waals surface area (Å²) in [4.78, 5) is 96.7. The molecular weight excluding hydrogens is 733 g/mol. The van der Waals surface area contributed by atoms with Gasteiger partial charge in [-0.1, -0.05) is 0 Å². The van der Waals surface area contributed by atoms with Crippen LogP contribution in [-0.2, 0) is 57.3 Å². The first-order chi connectivity index (χ1) is 22.5. The van der Waals surface area contributed by atoms with E-state index in [1.807, 2.05) is 0 Å². The molecule has 0 saturated heterocycles. The summed E-state index contributed by atoms with van der Waals surface area (Å²) in [6.07, 6.45) is 0. The van der Waals surface area contributed by atoms with Gasteiger partial charge >= 0.3 is 47.8 Å². The van der Waals surface area contributed by atoms with Gasteiger partial charge in [-0.15, -0.1) is 47.0 Å². The van der Waals surface area contributed by atoms with Crippen LogP contribution in [0.4, 0.5) is 0 Å². The maximum Gasteiger partial charge on any atom is 0.318 e. The van der Waals surface area contributed by atoms with E-state index in [-0.39, 0.29) is 0 Å². The number of hydrogen-bond acceptors (Lipinski definition) is 16. The predicted octanol–water partition coefficient (Wildman–Crippen LogP) is 2.52. The minimum atomic E-state index is -1.78. The molecule has 0 fully saturated rings. The van der Waals surface area contributed by atoms with E-state index in [4.69, 9.17) is 18.9 Å². The van der Waals surface area contributed by atoms with E-state index < -0.39 is 122 Å². The highest BCUT2D eigenvalue weighted by molar-refractivity contribution is 8.02. The highest BCUT2D eigenvalue weighted by Crippen LogP contribution is 2.28. The zero-order valence-corrected chi connectivity index (χ0v) is 31.5. The number of carboxylic acid groups (broad SMARTS) is 4. The van der Waals surface area contributed by atoms with Crippen molar-refractivity contribution in [2.45, 2.75) is 97.4 Å². The van der Waals surface area contributed by atoms with Gasteiger partial charge in [-0.25, -0.2) is 0 Å². The van der Waals surface area contributed by atoms with Crippen LogP contribution in [0.25, 0.3) is 0 Å². The van der Waals surface area contributed by atoms with E-state index in [2.05, 4.69) is 0 Å². The lowest BCUT2D eigenvalue weighted by atomic mass is 9.92. The van der Waals surface area contributed by atoms with Crippen LogP contribution < -0.4 is 0 Å². The average molecular weight is 777 g/mol. The average Bonchev–Trinajstić information content (AvgIpc) is 3.02. The molecule has 8 atom stereocenters. The molecule has 0 aromatic carbocycles. The Morgan fingerprint density at radius 1 is 0.388 bits per heavy atom. The molecule has 0 aliphatic carbocycles. The topological polar surface area (TPSA) is 254 Å². The van der Waals surface area contributed by atoms with Gasteiger partial charge in [-0.3, -0.25) is 38.4 Å². The molecule has 0 aliphatic heterocycles. The van der Waals surface area contributed by atoms with E-state index in [1.165, 1.54) is 55.4 Å². The number of esters is 4. The van der Waals surface area contributed by atoms with E-state index in [0.717, 1.165) is 47.0 Å². The highest BCUT2D eigenvalue weighted by Gasteiger charge is 2.40. The van der Waals surface area contributed by atoms with Crippen LogP contribution in [0, 0.1) is 5.41 Å². The van der Waals surface area contributed by atoms with Crippen LogP contribution in [0.1, 0.15) is 55.4 Å². The summed E-state index contributed by atoms with van der Waals surface area (Å²) in [6, 6.07) is 0. The Morgan fingerprint density at radius 2 is 0.551 bits per heavy atom. The first-order valence-electron chi connectivity index (χ1n) is 14.7. The molecule has 0 radical (unpaired) electrons. The molecule has 0 heterocycles. The smallest absolute Gasteiger partial charge is 0.318 e. The second-order valence-electron chi connectivity index (χ2n) is 11.0.